The highest BCUT2D eigenvalue weighted by molar-refractivity contribution is 6.32. The minimum atomic E-state index is -0.0922. The lowest BCUT2D eigenvalue weighted by molar-refractivity contribution is 0.206. The molecule has 1 aliphatic carbocycles. The van der Waals surface area contributed by atoms with E-state index in [9.17, 15) is 5.26 Å². The predicted molar refractivity (Wildman–Crippen MR) is 159 cm³/mol. The Morgan fingerprint density at radius 1 is 1.02 bits per heavy atom. The van der Waals surface area contributed by atoms with Gasteiger partial charge in [0.05, 0.1) is 10.6 Å². The van der Waals surface area contributed by atoms with Gasteiger partial charge in [0.2, 0.25) is 0 Å². The van der Waals surface area contributed by atoms with Gasteiger partial charge in [-0.15, -0.1) is 0 Å². The van der Waals surface area contributed by atoms with Crippen molar-refractivity contribution in [3.8, 4) is 28.7 Å². The van der Waals surface area contributed by atoms with E-state index in [0.717, 1.165) is 30.5 Å². The molecule has 6 heteroatoms. The maximum Gasteiger partial charge on any atom is 0.142 e. The molecule has 0 bridgehead atoms. The molecule has 0 fully saturated rings. The average molecular weight is 552 g/mol. The van der Waals surface area contributed by atoms with Crippen molar-refractivity contribution >= 4 is 11.6 Å². The molecule has 1 N–H and O–H groups in total. The second-order valence-electron chi connectivity index (χ2n) is 11.4. The molecule has 5 nitrogen and oxygen atoms in total. The predicted octanol–water partition coefficient (Wildman–Crippen LogP) is 8.05. The second kappa shape index (κ2) is 12.1. The number of ether oxygens (including phenoxy) is 2. The van der Waals surface area contributed by atoms with Crippen LogP contribution in [0.3, 0.4) is 0 Å². The zero-order chi connectivity index (χ0) is 28.1. The standard InChI is InChI=1S/C34H34ClN3O2/c1-34(2,3)22-38-20-26-15-30(35)33(16-32(26)39-21-24-14-23(17-36)18-37-19-24)40-31-13-12-28-27(10-7-11-29(28)31)25-8-5-4-6-9-25/h4-11,14-16,18-19,31,38H,12-13,20-22H2,1-3H3/t31-/m0/s1. The fraction of sp³-hybridized carbons (Fsp3) is 0.294. The van der Waals surface area contributed by atoms with Gasteiger partial charge in [0, 0.05) is 42.7 Å². The number of rotatable bonds is 9. The molecule has 4 aromatic rings. The average Bonchev–Trinajstić information content (AvgIpc) is 3.36. The monoisotopic (exact) mass is 551 g/mol. The Balaban J connectivity index is 1.40. The molecule has 0 radical (unpaired) electrons. The number of hydrogen-bond donors (Lipinski definition) is 1. The van der Waals surface area contributed by atoms with E-state index in [2.05, 4.69) is 79.6 Å². The summed E-state index contributed by atoms with van der Waals surface area (Å²) in [7, 11) is 0. The Labute approximate surface area is 241 Å². The van der Waals surface area contributed by atoms with Gasteiger partial charge in [0.25, 0.3) is 0 Å². The Morgan fingerprint density at radius 3 is 2.62 bits per heavy atom. The summed E-state index contributed by atoms with van der Waals surface area (Å²) >= 11 is 6.81. The molecule has 1 aliphatic rings. The molecule has 1 aromatic heterocycles. The summed E-state index contributed by atoms with van der Waals surface area (Å²) in [5.41, 5.74) is 7.43. The molecule has 0 saturated heterocycles. The van der Waals surface area contributed by atoms with Crippen molar-refractivity contribution < 1.29 is 9.47 Å². The van der Waals surface area contributed by atoms with Gasteiger partial charge in [-0.05, 0) is 52.6 Å². The number of aromatic nitrogens is 1. The van der Waals surface area contributed by atoms with E-state index in [4.69, 9.17) is 21.1 Å². The Bertz CT molecular complexity index is 1520. The van der Waals surface area contributed by atoms with Crippen molar-refractivity contribution in [3.05, 3.63) is 112 Å². The van der Waals surface area contributed by atoms with Gasteiger partial charge >= 0.3 is 0 Å². The molecule has 204 valence electrons. The summed E-state index contributed by atoms with van der Waals surface area (Å²) in [4.78, 5) is 4.16. The number of benzene rings is 3. The fourth-order valence-electron chi connectivity index (χ4n) is 5.08. The van der Waals surface area contributed by atoms with E-state index in [-0.39, 0.29) is 18.1 Å². The van der Waals surface area contributed by atoms with Crippen LogP contribution in [-0.2, 0) is 19.6 Å². The Hall–Kier alpha value is -3.85. The molecule has 0 amide bonds. The van der Waals surface area contributed by atoms with Crippen LogP contribution < -0.4 is 14.8 Å². The number of halogens is 1. The Kier molecular flexibility index (Phi) is 8.40. The lowest BCUT2D eigenvalue weighted by Gasteiger charge is -2.21. The van der Waals surface area contributed by atoms with E-state index < -0.39 is 0 Å². The molecule has 1 heterocycles. The third-order valence-electron chi connectivity index (χ3n) is 6.97. The molecular weight excluding hydrogens is 518 g/mol. The molecular formula is C34H34ClN3O2. The summed E-state index contributed by atoms with van der Waals surface area (Å²) in [6.45, 7) is 8.31. The van der Waals surface area contributed by atoms with Crippen molar-refractivity contribution in [1.29, 1.82) is 5.26 Å². The molecule has 0 spiro atoms. The second-order valence-corrected chi connectivity index (χ2v) is 11.8. The highest BCUT2D eigenvalue weighted by atomic mass is 35.5. The van der Waals surface area contributed by atoms with E-state index in [1.54, 1.807) is 18.5 Å². The molecule has 0 unspecified atom stereocenters. The molecule has 40 heavy (non-hydrogen) atoms. The summed E-state index contributed by atoms with van der Waals surface area (Å²) in [5.74, 6) is 1.29. The van der Waals surface area contributed by atoms with Gasteiger partial charge < -0.3 is 14.8 Å². The van der Waals surface area contributed by atoms with Gasteiger partial charge in [0.15, 0.2) is 0 Å². The van der Waals surface area contributed by atoms with E-state index in [0.29, 0.717) is 28.6 Å². The lowest BCUT2D eigenvalue weighted by atomic mass is 9.97. The topological polar surface area (TPSA) is 67.2 Å². The number of nitrogens with zero attached hydrogens (tertiary/aromatic N) is 2. The van der Waals surface area contributed by atoms with E-state index >= 15 is 0 Å². The minimum Gasteiger partial charge on any atom is -0.488 e. The molecule has 1 atom stereocenters. The van der Waals surface area contributed by atoms with Crippen molar-refractivity contribution in [3.63, 3.8) is 0 Å². The van der Waals surface area contributed by atoms with Crippen LogP contribution in [0, 0.1) is 16.7 Å². The SMILES string of the molecule is CC(C)(C)CNCc1cc(Cl)c(O[C@H]2CCc3c(-c4ccccc4)cccc32)cc1OCc1cncc(C#N)c1. The first-order valence-corrected chi connectivity index (χ1v) is 14.0. The quantitative estimate of drug-likeness (QED) is 0.228. The van der Waals surface area contributed by atoms with Crippen LogP contribution in [0.15, 0.2) is 79.1 Å². The Morgan fingerprint density at radius 2 is 1.85 bits per heavy atom. The molecule has 5 rings (SSSR count). The van der Waals surface area contributed by atoms with E-state index in [1.807, 2.05) is 18.2 Å². The number of nitrogens with one attached hydrogen (secondary N) is 1. The van der Waals surface area contributed by atoms with Gasteiger partial charge in [-0.1, -0.05) is 80.9 Å². The normalized spacial score (nSPS) is 14.4. The van der Waals surface area contributed by atoms with Crippen LogP contribution in [-0.4, -0.2) is 11.5 Å². The van der Waals surface area contributed by atoms with Gasteiger partial charge in [-0.2, -0.15) is 5.26 Å². The van der Waals surface area contributed by atoms with Gasteiger partial charge in [-0.3, -0.25) is 4.98 Å². The summed E-state index contributed by atoms with van der Waals surface area (Å²) in [6.07, 6.45) is 5.00. The van der Waals surface area contributed by atoms with Crippen LogP contribution in [0.1, 0.15) is 61.1 Å². The smallest absolute Gasteiger partial charge is 0.142 e. The van der Waals surface area contributed by atoms with Crippen molar-refractivity contribution in [1.82, 2.24) is 10.3 Å². The zero-order valence-electron chi connectivity index (χ0n) is 23.2. The third-order valence-corrected chi connectivity index (χ3v) is 7.27. The highest BCUT2D eigenvalue weighted by Crippen LogP contribution is 2.42. The summed E-state index contributed by atoms with van der Waals surface area (Å²) < 4.78 is 12.9. The van der Waals surface area contributed by atoms with E-state index in [1.165, 1.54) is 22.3 Å². The van der Waals surface area contributed by atoms with Gasteiger partial charge in [0.1, 0.15) is 30.3 Å². The van der Waals surface area contributed by atoms with Crippen LogP contribution in [0.2, 0.25) is 5.02 Å². The number of fused-ring (bicyclic) bond motifs is 1. The summed E-state index contributed by atoms with van der Waals surface area (Å²) in [5, 5.41) is 13.3. The first kappa shape index (κ1) is 27.7. The van der Waals surface area contributed by atoms with Crippen LogP contribution >= 0.6 is 11.6 Å². The van der Waals surface area contributed by atoms with Crippen LogP contribution in [0.4, 0.5) is 0 Å². The summed E-state index contributed by atoms with van der Waals surface area (Å²) in [6, 6.07) is 24.7. The first-order chi connectivity index (χ1) is 19.3. The van der Waals surface area contributed by atoms with Crippen LogP contribution in [0.25, 0.3) is 11.1 Å². The number of nitriles is 1. The molecule has 0 saturated carbocycles. The number of pyridine rings is 1. The lowest BCUT2D eigenvalue weighted by Crippen LogP contribution is -2.26. The highest BCUT2D eigenvalue weighted by Gasteiger charge is 2.27. The van der Waals surface area contributed by atoms with Crippen molar-refractivity contribution in [2.75, 3.05) is 6.54 Å². The third kappa shape index (κ3) is 6.65. The van der Waals surface area contributed by atoms with Crippen LogP contribution in [0.5, 0.6) is 11.5 Å². The molecule has 3 aromatic carbocycles. The maximum absolute atomic E-state index is 9.24. The minimum absolute atomic E-state index is 0.0922. The maximum atomic E-state index is 9.24. The molecule has 0 aliphatic heterocycles. The number of hydrogen-bond acceptors (Lipinski definition) is 5. The van der Waals surface area contributed by atoms with Crippen molar-refractivity contribution in [2.24, 2.45) is 5.41 Å². The van der Waals surface area contributed by atoms with Crippen molar-refractivity contribution in [2.45, 2.75) is 52.9 Å². The van der Waals surface area contributed by atoms with Gasteiger partial charge in [-0.25, -0.2) is 0 Å². The zero-order valence-corrected chi connectivity index (χ0v) is 24.0. The fourth-order valence-corrected chi connectivity index (χ4v) is 5.31. The largest absolute Gasteiger partial charge is 0.488 e. The first-order valence-electron chi connectivity index (χ1n) is 13.6.